The van der Waals surface area contributed by atoms with Gasteiger partial charge in [0.2, 0.25) is 0 Å². The van der Waals surface area contributed by atoms with E-state index in [0.29, 0.717) is 3.57 Å². The van der Waals surface area contributed by atoms with Crippen LogP contribution in [0.3, 0.4) is 0 Å². The van der Waals surface area contributed by atoms with Gasteiger partial charge in [-0.05, 0) is 59.0 Å². The summed E-state index contributed by atoms with van der Waals surface area (Å²) in [4.78, 5) is 65.3. The van der Waals surface area contributed by atoms with Crippen molar-refractivity contribution >= 4 is 52.3 Å². The maximum absolute atomic E-state index is 13.2. The molecule has 3 aromatic rings. The summed E-state index contributed by atoms with van der Waals surface area (Å²) < 4.78 is 15.8. The number of benzene rings is 3. The van der Waals surface area contributed by atoms with Crippen LogP contribution in [0.5, 0.6) is 34.5 Å². The van der Waals surface area contributed by atoms with Gasteiger partial charge in [0.25, 0.3) is 11.8 Å². The minimum atomic E-state index is -1.89. The quantitative estimate of drug-likeness (QED) is 0.0483. The standard InChI is InChI=1S/C30H28IN3O15/c31-12-7-15(24(40)21(37)8-12)27(43)34-18-11-49-29(45)16(32-25(41)13-3-1-5-19(35)22(13)38)9-47-28(44)17(10-48-30(18)46)33-26(42)14-4-2-6-20(36)23(14)39/h1-8,16-18,27,34-40,43H,9-11H2,(H,32,41)(H,33,42)/t16-,17-,18-,27?/m0/s1. The average Bonchev–Trinajstić information content (AvgIpc) is 3.05. The van der Waals surface area contributed by atoms with Crippen LogP contribution in [-0.4, -0.2) is 103 Å². The summed E-state index contributed by atoms with van der Waals surface area (Å²) in [5.74, 6) is -10.4. The molecular formula is C30H28IN3O15. The number of esters is 3. The number of phenols is 6. The third-order valence-electron chi connectivity index (χ3n) is 6.90. The molecule has 19 heteroatoms. The van der Waals surface area contributed by atoms with Gasteiger partial charge in [0, 0.05) is 9.13 Å². The molecule has 1 aliphatic rings. The zero-order chi connectivity index (χ0) is 36.0. The van der Waals surface area contributed by atoms with Gasteiger partial charge >= 0.3 is 17.9 Å². The number of hydrogen-bond donors (Lipinski definition) is 10. The lowest BCUT2D eigenvalue weighted by atomic mass is 10.1. The number of carbonyl (C=O) groups excluding carboxylic acids is 5. The van der Waals surface area contributed by atoms with E-state index >= 15 is 0 Å². The minimum absolute atomic E-state index is 0.287. The first-order chi connectivity index (χ1) is 23.2. The Kier molecular flexibility index (Phi) is 11.5. The Bertz CT molecular complexity index is 1720. The normalized spacial score (nSPS) is 19.2. The smallest absolute Gasteiger partial charge is 0.332 e. The molecule has 0 aliphatic carbocycles. The summed E-state index contributed by atoms with van der Waals surface area (Å²) in [6.45, 7) is -2.75. The van der Waals surface area contributed by atoms with Gasteiger partial charge in [0.05, 0.1) is 11.1 Å². The first-order valence-electron chi connectivity index (χ1n) is 14.0. The van der Waals surface area contributed by atoms with Crippen LogP contribution in [0.1, 0.15) is 32.5 Å². The Morgan fingerprint density at radius 3 is 1.55 bits per heavy atom. The van der Waals surface area contributed by atoms with E-state index in [-0.39, 0.29) is 5.56 Å². The number of ether oxygens (including phenoxy) is 3. The zero-order valence-corrected chi connectivity index (χ0v) is 27.0. The fourth-order valence-corrected chi connectivity index (χ4v) is 4.95. The molecule has 0 bridgehead atoms. The highest BCUT2D eigenvalue weighted by Crippen LogP contribution is 2.34. The molecule has 10 N–H and O–H groups in total. The number of rotatable bonds is 7. The molecule has 2 amide bonds. The molecule has 18 nitrogen and oxygen atoms in total. The summed E-state index contributed by atoms with van der Waals surface area (Å²) in [6.07, 6.45) is -1.89. The van der Waals surface area contributed by atoms with E-state index in [1.165, 1.54) is 24.3 Å². The monoisotopic (exact) mass is 797 g/mol. The molecule has 1 aliphatic heterocycles. The summed E-state index contributed by atoms with van der Waals surface area (Å²) >= 11 is 1.79. The van der Waals surface area contributed by atoms with E-state index in [4.69, 9.17) is 14.2 Å². The van der Waals surface area contributed by atoms with Gasteiger partial charge < -0.3 is 60.6 Å². The first kappa shape index (κ1) is 36.3. The zero-order valence-electron chi connectivity index (χ0n) is 24.8. The highest BCUT2D eigenvalue weighted by Gasteiger charge is 2.35. The van der Waals surface area contributed by atoms with Crippen LogP contribution in [0, 0.1) is 3.57 Å². The van der Waals surface area contributed by atoms with Gasteiger partial charge in [0.1, 0.15) is 32.1 Å². The molecule has 0 aromatic heterocycles. The number of amides is 2. The van der Waals surface area contributed by atoms with Gasteiger partial charge in [-0.15, -0.1) is 0 Å². The number of hydrogen-bond acceptors (Lipinski definition) is 16. The maximum atomic E-state index is 13.2. The lowest BCUT2D eigenvalue weighted by molar-refractivity contribution is -0.161. The largest absolute Gasteiger partial charge is 0.504 e. The number of aliphatic hydroxyl groups is 1. The Labute approximate surface area is 289 Å². The van der Waals surface area contributed by atoms with Crippen LogP contribution in [0.15, 0.2) is 48.5 Å². The van der Waals surface area contributed by atoms with Crippen molar-refractivity contribution in [1.82, 2.24) is 16.0 Å². The summed E-state index contributed by atoms with van der Waals surface area (Å²) in [7, 11) is 0. The Hall–Kier alpha value is -5.54. The van der Waals surface area contributed by atoms with Crippen LogP contribution in [0.4, 0.5) is 0 Å². The van der Waals surface area contributed by atoms with Gasteiger partial charge in [-0.2, -0.15) is 0 Å². The van der Waals surface area contributed by atoms with Crippen molar-refractivity contribution in [2.75, 3.05) is 19.8 Å². The second-order valence-electron chi connectivity index (χ2n) is 10.3. The fourth-order valence-electron chi connectivity index (χ4n) is 4.31. The van der Waals surface area contributed by atoms with E-state index in [2.05, 4.69) is 16.0 Å². The summed E-state index contributed by atoms with van der Waals surface area (Å²) in [5, 5.41) is 77.5. The SMILES string of the molecule is O=C(N[C@H]1COC(=O)[C@@H](NC(=O)c2cccc(O)c2O)COC(=O)[C@@H](NC(O)c2cc(I)cc(O)c2O)COC1=O)c1cccc(O)c1O. The number of carbonyl (C=O) groups is 5. The number of nitrogens with one attached hydrogen (secondary N) is 3. The predicted octanol–water partition coefficient (Wildman–Crippen LogP) is -0.286. The number of halogens is 1. The van der Waals surface area contributed by atoms with E-state index in [9.17, 15) is 59.7 Å². The lowest BCUT2D eigenvalue weighted by Crippen LogP contribution is -2.52. The molecule has 4 atom stereocenters. The van der Waals surface area contributed by atoms with Crippen LogP contribution in [0.25, 0.3) is 0 Å². The van der Waals surface area contributed by atoms with E-state index < -0.39 is 120 Å². The third kappa shape index (κ3) is 8.69. The number of aliphatic hydroxyl groups excluding tert-OH is 1. The molecule has 4 rings (SSSR count). The van der Waals surface area contributed by atoms with Crippen molar-refractivity contribution in [3.63, 3.8) is 0 Å². The van der Waals surface area contributed by atoms with Gasteiger partial charge in [-0.1, -0.05) is 12.1 Å². The molecule has 49 heavy (non-hydrogen) atoms. The van der Waals surface area contributed by atoms with E-state index in [0.717, 1.165) is 24.3 Å². The Balaban J connectivity index is 1.63. The molecule has 1 heterocycles. The van der Waals surface area contributed by atoms with E-state index in [1.807, 2.05) is 0 Å². The van der Waals surface area contributed by atoms with Crippen molar-refractivity contribution in [1.29, 1.82) is 0 Å². The van der Waals surface area contributed by atoms with Crippen molar-refractivity contribution in [2.24, 2.45) is 0 Å². The van der Waals surface area contributed by atoms with Gasteiger partial charge in [0.15, 0.2) is 46.6 Å². The van der Waals surface area contributed by atoms with Crippen molar-refractivity contribution in [3.8, 4) is 34.5 Å². The Morgan fingerprint density at radius 2 is 1.08 bits per heavy atom. The van der Waals surface area contributed by atoms with Crippen molar-refractivity contribution < 1.29 is 73.9 Å². The van der Waals surface area contributed by atoms with Gasteiger partial charge in [-0.25, -0.2) is 9.59 Å². The summed E-state index contributed by atoms with van der Waals surface area (Å²) in [5.41, 5.74) is -1.24. The number of aromatic hydroxyl groups is 6. The molecule has 0 spiro atoms. The topological polar surface area (TPSA) is 291 Å². The molecular weight excluding hydrogens is 769 g/mol. The number of cyclic esters (lactones) is 3. The molecule has 0 saturated carbocycles. The van der Waals surface area contributed by atoms with E-state index in [1.54, 1.807) is 22.6 Å². The third-order valence-corrected chi connectivity index (χ3v) is 7.52. The lowest BCUT2D eigenvalue weighted by Gasteiger charge is -2.26. The van der Waals surface area contributed by atoms with Crippen molar-refractivity contribution in [2.45, 2.75) is 24.4 Å². The average molecular weight is 797 g/mol. The van der Waals surface area contributed by atoms with Crippen molar-refractivity contribution in [3.05, 3.63) is 68.8 Å². The fraction of sp³-hybridized carbons (Fsp3) is 0.233. The second-order valence-corrected chi connectivity index (χ2v) is 11.5. The minimum Gasteiger partial charge on any atom is -0.504 e. The van der Waals surface area contributed by atoms with Crippen LogP contribution >= 0.6 is 22.6 Å². The number of para-hydroxylation sites is 2. The first-order valence-corrected chi connectivity index (χ1v) is 15.0. The summed E-state index contributed by atoms with van der Waals surface area (Å²) in [6, 6.07) is 3.90. The molecule has 1 saturated heterocycles. The molecule has 1 unspecified atom stereocenters. The second kappa shape index (κ2) is 15.6. The molecule has 260 valence electrons. The predicted molar refractivity (Wildman–Crippen MR) is 169 cm³/mol. The highest BCUT2D eigenvalue weighted by atomic mass is 127. The van der Waals surface area contributed by atoms with Crippen LogP contribution < -0.4 is 16.0 Å². The maximum Gasteiger partial charge on any atom is 0.332 e. The molecule has 3 aromatic carbocycles. The highest BCUT2D eigenvalue weighted by molar-refractivity contribution is 14.1. The van der Waals surface area contributed by atoms with Crippen LogP contribution in [-0.2, 0) is 28.6 Å². The van der Waals surface area contributed by atoms with Crippen LogP contribution in [0.2, 0.25) is 0 Å². The number of phenolic OH excluding ortho intramolecular Hbond substituents is 6. The molecule has 0 radical (unpaired) electrons. The molecule has 1 fully saturated rings. The Morgan fingerprint density at radius 1 is 0.653 bits per heavy atom. The van der Waals surface area contributed by atoms with Gasteiger partial charge in [-0.3, -0.25) is 19.7 Å².